The van der Waals surface area contributed by atoms with Crippen LogP contribution < -0.4 is 11.5 Å². The van der Waals surface area contributed by atoms with Crippen LogP contribution in [0.25, 0.3) is 0 Å². The summed E-state index contributed by atoms with van der Waals surface area (Å²) in [7, 11) is 0. The van der Waals surface area contributed by atoms with E-state index in [9.17, 15) is 14.4 Å². The quantitative estimate of drug-likeness (QED) is 0.668. The van der Waals surface area contributed by atoms with Gasteiger partial charge < -0.3 is 16.4 Å². The fraction of sp³-hybridized carbons (Fsp3) is 0.727. The van der Waals surface area contributed by atoms with Crippen LogP contribution in [-0.4, -0.2) is 34.7 Å². The van der Waals surface area contributed by atoms with Gasteiger partial charge in [0, 0.05) is 6.42 Å². The number of primary amides is 2. The van der Waals surface area contributed by atoms with Crippen LogP contribution in [0.15, 0.2) is 0 Å². The van der Waals surface area contributed by atoms with Crippen molar-refractivity contribution in [3.05, 3.63) is 0 Å². The van der Waals surface area contributed by atoms with Gasteiger partial charge in [0.1, 0.15) is 12.1 Å². The molecule has 0 saturated carbocycles. The van der Waals surface area contributed by atoms with Crippen molar-refractivity contribution in [3.8, 4) is 0 Å². The summed E-state index contributed by atoms with van der Waals surface area (Å²) < 4.78 is 0. The van der Waals surface area contributed by atoms with E-state index in [1.807, 2.05) is 13.8 Å². The van der Waals surface area contributed by atoms with Gasteiger partial charge in [0.25, 0.3) is 0 Å². The molecule has 0 radical (unpaired) electrons. The molecule has 6 heteroatoms. The second-order valence-corrected chi connectivity index (χ2v) is 4.81. The summed E-state index contributed by atoms with van der Waals surface area (Å²) in [5, 5.41) is 0. The Morgan fingerprint density at radius 3 is 2.41 bits per heavy atom. The number of carbonyl (C=O) groups excluding carboxylic acids is 3. The van der Waals surface area contributed by atoms with Gasteiger partial charge in [0.05, 0.1) is 0 Å². The number of nitrogens with zero attached hydrogens (tertiary/aromatic N) is 1. The van der Waals surface area contributed by atoms with E-state index in [0.717, 1.165) is 0 Å². The highest BCUT2D eigenvalue weighted by Gasteiger charge is 2.41. The Kier molecular flexibility index (Phi) is 4.09. The minimum absolute atomic E-state index is 0.203. The molecule has 0 aromatic rings. The molecule has 1 aliphatic heterocycles. The summed E-state index contributed by atoms with van der Waals surface area (Å²) in [5.41, 5.74) is 10.5. The third-order valence-corrected chi connectivity index (χ3v) is 2.94. The molecule has 1 aliphatic rings. The Hall–Kier alpha value is -1.59. The lowest BCUT2D eigenvalue weighted by Crippen LogP contribution is -2.53. The number of rotatable bonds is 5. The van der Waals surface area contributed by atoms with Crippen molar-refractivity contribution in [2.75, 3.05) is 0 Å². The van der Waals surface area contributed by atoms with Crippen molar-refractivity contribution in [1.29, 1.82) is 0 Å². The summed E-state index contributed by atoms with van der Waals surface area (Å²) in [6.07, 6.45) is 1.07. The summed E-state index contributed by atoms with van der Waals surface area (Å²) in [4.78, 5) is 35.7. The third-order valence-electron chi connectivity index (χ3n) is 2.94. The number of carbonyl (C=O) groups is 3. The Bertz CT molecular complexity index is 341. The zero-order chi connectivity index (χ0) is 13.2. The van der Waals surface area contributed by atoms with E-state index in [4.69, 9.17) is 11.5 Å². The fourth-order valence-electron chi connectivity index (χ4n) is 2.19. The van der Waals surface area contributed by atoms with Crippen molar-refractivity contribution in [1.82, 2.24) is 4.90 Å². The monoisotopic (exact) mass is 241 g/mol. The van der Waals surface area contributed by atoms with Crippen LogP contribution in [0.2, 0.25) is 0 Å². The van der Waals surface area contributed by atoms with Crippen LogP contribution in [0.4, 0.5) is 0 Å². The number of hydrogen-bond acceptors (Lipinski definition) is 3. The SMILES string of the molecule is CC(C)C[C@@H](C(N)=O)N1C(=O)CCC1C(N)=O. The van der Waals surface area contributed by atoms with E-state index in [2.05, 4.69) is 0 Å². The minimum atomic E-state index is -0.734. The molecule has 0 aromatic carbocycles. The van der Waals surface area contributed by atoms with Gasteiger partial charge in [-0.05, 0) is 18.8 Å². The molecule has 0 bridgehead atoms. The maximum Gasteiger partial charge on any atom is 0.240 e. The lowest BCUT2D eigenvalue weighted by molar-refractivity contribution is -0.141. The summed E-state index contributed by atoms with van der Waals surface area (Å²) in [6, 6.07) is -1.43. The maximum atomic E-state index is 11.7. The summed E-state index contributed by atoms with van der Waals surface area (Å²) in [5.74, 6) is -1.18. The van der Waals surface area contributed by atoms with Gasteiger partial charge in [0.15, 0.2) is 0 Å². The molecule has 2 atom stereocenters. The van der Waals surface area contributed by atoms with Gasteiger partial charge in [-0.2, -0.15) is 0 Å². The van der Waals surface area contributed by atoms with Crippen LogP contribution in [0, 0.1) is 5.92 Å². The van der Waals surface area contributed by atoms with Gasteiger partial charge in [-0.15, -0.1) is 0 Å². The number of nitrogens with two attached hydrogens (primary N) is 2. The van der Waals surface area contributed by atoms with E-state index in [1.165, 1.54) is 4.90 Å². The van der Waals surface area contributed by atoms with E-state index in [0.29, 0.717) is 12.8 Å². The van der Waals surface area contributed by atoms with Crippen LogP contribution in [0.3, 0.4) is 0 Å². The highest BCUT2D eigenvalue weighted by atomic mass is 16.2. The summed E-state index contributed by atoms with van der Waals surface area (Å²) >= 11 is 0. The standard InChI is InChI=1S/C11H19N3O3/c1-6(2)5-8(11(13)17)14-7(10(12)16)3-4-9(14)15/h6-8H,3-5H2,1-2H3,(H2,12,16)(H2,13,17)/t7?,8-/m0/s1. The molecule has 1 rings (SSSR count). The minimum Gasteiger partial charge on any atom is -0.368 e. The van der Waals surface area contributed by atoms with Gasteiger partial charge in [-0.3, -0.25) is 14.4 Å². The lowest BCUT2D eigenvalue weighted by Gasteiger charge is -2.30. The average molecular weight is 241 g/mol. The van der Waals surface area contributed by atoms with Crippen molar-refractivity contribution in [2.24, 2.45) is 17.4 Å². The largest absolute Gasteiger partial charge is 0.368 e. The zero-order valence-corrected chi connectivity index (χ0v) is 10.2. The van der Waals surface area contributed by atoms with E-state index >= 15 is 0 Å². The second-order valence-electron chi connectivity index (χ2n) is 4.81. The topological polar surface area (TPSA) is 106 Å². The maximum absolute atomic E-state index is 11.7. The predicted molar refractivity (Wildman–Crippen MR) is 61.5 cm³/mol. The highest BCUT2D eigenvalue weighted by molar-refractivity contribution is 5.94. The Labute approximate surface area is 100 Å². The smallest absolute Gasteiger partial charge is 0.240 e. The zero-order valence-electron chi connectivity index (χ0n) is 10.2. The normalized spacial score (nSPS) is 21.9. The molecule has 4 N–H and O–H groups in total. The first-order chi connectivity index (χ1) is 7.84. The first-order valence-corrected chi connectivity index (χ1v) is 5.74. The first kappa shape index (κ1) is 13.5. The number of hydrogen-bond donors (Lipinski definition) is 2. The van der Waals surface area contributed by atoms with Gasteiger partial charge in [-0.25, -0.2) is 0 Å². The van der Waals surface area contributed by atoms with Crippen LogP contribution in [0.1, 0.15) is 33.1 Å². The molecule has 0 aliphatic carbocycles. The Balaban J connectivity index is 2.94. The molecule has 1 heterocycles. The molecule has 0 aromatic heterocycles. The van der Waals surface area contributed by atoms with Gasteiger partial charge in [0.2, 0.25) is 17.7 Å². The Morgan fingerprint density at radius 1 is 1.41 bits per heavy atom. The van der Waals surface area contributed by atoms with Crippen molar-refractivity contribution in [2.45, 2.75) is 45.2 Å². The predicted octanol–water partition coefficient (Wildman–Crippen LogP) is -0.637. The van der Waals surface area contributed by atoms with Crippen molar-refractivity contribution in [3.63, 3.8) is 0 Å². The number of amides is 3. The van der Waals surface area contributed by atoms with E-state index < -0.39 is 23.9 Å². The first-order valence-electron chi connectivity index (χ1n) is 5.74. The van der Waals surface area contributed by atoms with Gasteiger partial charge >= 0.3 is 0 Å². The Morgan fingerprint density at radius 2 is 2.00 bits per heavy atom. The molecule has 1 unspecified atom stereocenters. The van der Waals surface area contributed by atoms with Crippen LogP contribution in [-0.2, 0) is 14.4 Å². The van der Waals surface area contributed by atoms with E-state index in [-0.39, 0.29) is 18.2 Å². The third kappa shape index (κ3) is 2.95. The molecule has 0 spiro atoms. The molecule has 3 amide bonds. The fourth-order valence-corrected chi connectivity index (χ4v) is 2.19. The summed E-state index contributed by atoms with van der Waals surface area (Å²) in [6.45, 7) is 3.85. The van der Waals surface area contributed by atoms with Crippen molar-refractivity contribution >= 4 is 17.7 Å². The molecule has 1 fully saturated rings. The van der Waals surface area contributed by atoms with Crippen molar-refractivity contribution < 1.29 is 14.4 Å². The van der Waals surface area contributed by atoms with Gasteiger partial charge in [-0.1, -0.05) is 13.8 Å². The number of likely N-dealkylation sites (tertiary alicyclic amines) is 1. The highest BCUT2D eigenvalue weighted by Crippen LogP contribution is 2.24. The van der Waals surface area contributed by atoms with E-state index in [1.54, 1.807) is 0 Å². The van der Waals surface area contributed by atoms with Crippen LogP contribution >= 0.6 is 0 Å². The molecule has 17 heavy (non-hydrogen) atoms. The van der Waals surface area contributed by atoms with Crippen LogP contribution in [0.5, 0.6) is 0 Å². The molecular weight excluding hydrogens is 222 g/mol. The molecular formula is C11H19N3O3. The second kappa shape index (κ2) is 5.16. The average Bonchev–Trinajstić information content (AvgIpc) is 2.56. The molecule has 6 nitrogen and oxygen atoms in total. The lowest BCUT2D eigenvalue weighted by atomic mass is 10.0. The molecule has 1 saturated heterocycles. The molecule has 96 valence electrons.